The van der Waals surface area contributed by atoms with E-state index in [-0.39, 0.29) is 11.4 Å². The van der Waals surface area contributed by atoms with Crippen molar-refractivity contribution < 1.29 is 36.7 Å². The maximum atomic E-state index is 12.8. The molecule has 1 amide bonds. The summed E-state index contributed by atoms with van der Waals surface area (Å²) in [6, 6.07) is 7.36. The molecule has 35 heavy (non-hydrogen) atoms. The molecule has 1 fully saturated rings. The van der Waals surface area contributed by atoms with Crippen LogP contribution in [0.2, 0.25) is 0 Å². The number of carbonyl (C=O) groups excluding carboxylic acids is 1. The summed E-state index contributed by atoms with van der Waals surface area (Å²) in [6.45, 7) is 4.84. The molecule has 2 aliphatic heterocycles. The van der Waals surface area contributed by atoms with Gasteiger partial charge >= 0.3 is 12.1 Å². The summed E-state index contributed by atoms with van der Waals surface area (Å²) in [6.07, 6.45) is -1.76. The molecule has 0 unspecified atom stereocenters. The number of hydrogen-bond donors (Lipinski definition) is 1. The number of halogens is 3. The van der Waals surface area contributed by atoms with Crippen LogP contribution in [0.1, 0.15) is 35.0 Å². The zero-order chi connectivity index (χ0) is 25.4. The number of piperidine rings is 1. The van der Waals surface area contributed by atoms with Gasteiger partial charge in [-0.1, -0.05) is 0 Å². The lowest BCUT2D eigenvalue weighted by Gasteiger charge is -2.47. The van der Waals surface area contributed by atoms with Crippen LogP contribution in [0.25, 0.3) is 11.6 Å². The van der Waals surface area contributed by atoms with Crippen LogP contribution in [-0.2, 0) is 16.9 Å². The van der Waals surface area contributed by atoms with Gasteiger partial charge in [0, 0.05) is 19.6 Å². The van der Waals surface area contributed by atoms with E-state index in [1.807, 2.05) is 30.0 Å². The summed E-state index contributed by atoms with van der Waals surface area (Å²) >= 11 is 0. The predicted octanol–water partition coefficient (Wildman–Crippen LogP) is 3.15. The minimum atomic E-state index is -5.08. The Morgan fingerprint density at radius 1 is 1.14 bits per heavy atom. The molecular formula is C22H24F3N5O5. The van der Waals surface area contributed by atoms with Gasteiger partial charge in [-0.05, 0) is 51.1 Å². The fourth-order valence-electron chi connectivity index (χ4n) is 4.57. The van der Waals surface area contributed by atoms with Crippen molar-refractivity contribution in [3.05, 3.63) is 47.9 Å². The molecule has 13 heteroatoms. The Bertz CT molecular complexity index is 1190. The molecule has 188 valence electrons. The molecule has 0 saturated carbocycles. The van der Waals surface area contributed by atoms with Crippen molar-refractivity contribution >= 4 is 11.9 Å². The Balaban J connectivity index is 0.000000364. The number of nitrogens with zero attached hydrogens (tertiary/aromatic N) is 5. The van der Waals surface area contributed by atoms with E-state index in [9.17, 15) is 18.0 Å². The third kappa shape index (κ3) is 4.94. The quantitative estimate of drug-likeness (QED) is 0.576. The first kappa shape index (κ1) is 24.5. The van der Waals surface area contributed by atoms with Gasteiger partial charge in [-0.25, -0.2) is 4.79 Å². The van der Waals surface area contributed by atoms with E-state index in [0.29, 0.717) is 18.8 Å². The van der Waals surface area contributed by atoms with Gasteiger partial charge < -0.3 is 18.8 Å². The van der Waals surface area contributed by atoms with Crippen molar-refractivity contribution in [3.63, 3.8) is 0 Å². The van der Waals surface area contributed by atoms with Crippen LogP contribution in [0, 0.1) is 6.92 Å². The third-order valence-corrected chi connectivity index (χ3v) is 6.10. The summed E-state index contributed by atoms with van der Waals surface area (Å²) in [5.74, 6) is 0.816. The normalized spacial score (nSPS) is 17.6. The first-order valence-corrected chi connectivity index (χ1v) is 10.8. The number of aliphatic carboxylic acids is 1. The Hall–Kier alpha value is -3.61. The Morgan fingerprint density at radius 2 is 1.83 bits per heavy atom. The zero-order valence-electron chi connectivity index (χ0n) is 19.1. The van der Waals surface area contributed by atoms with Gasteiger partial charge in [-0.3, -0.25) is 14.3 Å². The highest BCUT2D eigenvalue weighted by Gasteiger charge is 2.45. The van der Waals surface area contributed by atoms with Crippen LogP contribution >= 0.6 is 0 Å². The molecule has 0 bridgehead atoms. The Labute approximate surface area is 197 Å². The van der Waals surface area contributed by atoms with Crippen molar-refractivity contribution in [1.82, 2.24) is 24.6 Å². The van der Waals surface area contributed by atoms with Gasteiger partial charge in [-0.2, -0.15) is 13.2 Å². The highest BCUT2D eigenvalue weighted by Crippen LogP contribution is 2.39. The summed E-state index contributed by atoms with van der Waals surface area (Å²) in [5.41, 5.74) is -0.149. The molecule has 0 aliphatic carbocycles. The number of likely N-dealkylation sites (N-methyl/N-ethyl adjacent to an activating group) is 1. The molecule has 1 N–H and O–H groups in total. The van der Waals surface area contributed by atoms with Crippen molar-refractivity contribution in [2.24, 2.45) is 0 Å². The van der Waals surface area contributed by atoms with Crippen molar-refractivity contribution in [3.8, 4) is 11.6 Å². The molecule has 1 spiro atoms. The maximum absolute atomic E-state index is 12.8. The molecular weight excluding hydrogens is 471 g/mol. The molecule has 5 rings (SSSR count). The SMILES string of the molecule is Cc1ccc(C(=O)N2CCC3(CC2)CN(C)Cc2nnc(-c4ccco4)n23)o1.O=C(O)C(F)(F)F. The van der Waals surface area contributed by atoms with E-state index in [0.717, 1.165) is 49.1 Å². The lowest BCUT2D eigenvalue weighted by Crippen LogP contribution is -2.56. The molecule has 0 aromatic carbocycles. The van der Waals surface area contributed by atoms with E-state index in [2.05, 4.69) is 26.7 Å². The van der Waals surface area contributed by atoms with Crippen LogP contribution in [-0.4, -0.2) is 74.4 Å². The maximum Gasteiger partial charge on any atom is 0.490 e. The van der Waals surface area contributed by atoms with Gasteiger partial charge in [0.15, 0.2) is 17.3 Å². The molecule has 2 aliphatic rings. The lowest BCUT2D eigenvalue weighted by molar-refractivity contribution is -0.192. The fourth-order valence-corrected chi connectivity index (χ4v) is 4.57. The van der Waals surface area contributed by atoms with E-state index >= 15 is 0 Å². The predicted molar refractivity (Wildman–Crippen MR) is 114 cm³/mol. The summed E-state index contributed by atoms with van der Waals surface area (Å²) in [7, 11) is 2.11. The van der Waals surface area contributed by atoms with Gasteiger partial charge in [0.05, 0.1) is 18.3 Å². The number of hydrogen-bond acceptors (Lipinski definition) is 7. The molecule has 3 aromatic rings. The first-order chi connectivity index (χ1) is 16.5. The number of alkyl halides is 3. The number of fused-ring (bicyclic) bond motifs is 2. The van der Waals surface area contributed by atoms with Crippen LogP contribution in [0.4, 0.5) is 13.2 Å². The molecule has 0 atom stereocenters. The number of aromatic nitrogens is 3. The number of likely N-dealkylation sites (tertiary alicyclic amines) is 1. The fraction of sp³-hybridized carbons (Fsp3) is 0.455. The van der Waals surface area contributed by atoms with Crippen LogP contribution in [0.3, 0.4) is 0 Å². The largest absolute Gasteiger partial charge is 0.490 e. The monoisotopic (exact) mass is 495 g/mol. The average molecular weight is 495 g/mol. The molecule has 1 saturated heterocycles. The molecule has 3 aromatic heterocycles. The second kappa shape index (κ2) is 9.21. The van der Waals surface area contributed by atoms with Crippen LogP contribution in [0.15, 0.2) is 39.4 Å². The Morgan fingerprint density at radius 3 is 2.37 bits per heavy atom. The number of carbonyl (C=O) groups is 2. The van der Waals surface area contributed by atoms with Crippen LogP contribution in [0.5, 0.6) is 0 Å². The van der Waals surface area contributed by atoms with Gasteiger partial charge in [0.2, 0.25) is 0 Å². The number of carboxylic acids is 1. The highest BCUT2D eigenvalue weighted by molar-refractivity contribution is 5.91. The standard InChI is InChI=1S/C20H23N5O3.C2HF3O2/c1-14-5-6-16(28-14)19(26)24-9-7-20(8-10-24)13-23(2)12-17-21-22-18(25(17)20)15-4-3-11-27-15;3-2(4,5)1(6)7/h3-6,11H,7-10,12-13H2,1-2H3;(H,6,7). The topological polar surface area (TPSA) is 118 Å². The van der Waals surface area contributed by atoms with Crippen molar-refractivity contribution in [2.45, 2.75) is 38.0 Å². The second-order valence-electron chi connectivity index (χ2n) is 8.65. The summed E-state index contributed by atoms with van der Waals surface area (Å²) in [4.78, 5) is 25.8. The lowest BCUT2D eigenvalue weighted by atomic mass is 9.84. The highest BCUT2D eigenvalue weighted by atomic mass is 19.4. The number of aryl methyl sites for hydroxylation is 1. The van der Waals surface area contributed by atoms with Crippen molar-refractivity contribution in [1.29, 1.82) is 0 Å². The van der Waals surface area contributed by atoms with E-state index in [1.54, 1.807) is 12.3 Å². The van der Waals surface area contributed by atoms with Crippen molar-refractivity contribution in [2.75, 3.05) is 26.7 Å². The minimum Gasteiger partial charge on any atom is -0.475 e. The molecule has 10 nitrogen and oxygen atoms in total. The second-order valence-corrected chi connectivity index (χ2v) is 8.65. The number of rotatable bonds is 2. The van der Waals surface area contributed by atoms with Gasteiger partial charge in [0.25, 0.3) is 5.91 Å². The number of carboxylic acid groups (broad SMARTS) is 1. The van der Waals surface area contributed by atoms with Crippen LogP contribution < -0.4 is 0 Å². The number of furan rings is 2. The zero-order valence-corrected chi connectivity index (χ0v) is 19.1. The average Bonchev–Trinajstić information content (AvgIpc) is 3.54. The smallest absolute Gasteiger partial charge is 0.475 e. The third-order valence-electron chi connectivity index (χ3n) is 6.10. The summed E-state index contributed by atoms with van der Waals surface area (Å²) in [5, 5.41) is 16.0. The van der Waals surface area contributed by atoms with E-state index in [4.69, 9.17) is 18.7 Å². The molecule has 5 heterocycles. The first-order valence-electron chi connectivity index (χ1n) is 10.8. The molecule has 0 radical (unpaired) electrons. The van der Waals surface area contributed by atoms with E-state index < -0.39 is 12.1 Å². The minimum absolute atomic E-state index is 0.0395. The van der Waals surface area contributed by atoms with Gasteiger partial charge in [-0.15, -0.1) is 10.2 Å². The van der Waals surface area contributed by atoms with Gasteiger partial charge in [0.1, 0.15) is 11.6 Å². The van der Waals surface area contributed by atoms with E-state index in [1.165, 1.54) is 0 Å². The summed E-state index contributed by atoms with van der Waals surface area (Å²) < 4.78 is 45.1. The Kier molecular flexibility index (Phi) is 6.45. The number of amides is 1.